The Balaban J connectivity index is 1.07. The number of carboxylic acid groups (broad SMARTS) is 1. The number of benzene rings is 1. The maximum Gasteiger partial charge on any atom is 0.325 e. The Bertz CT molecular complexity index is 1070. The third-order valence-corrected chi connectivity index (χ3v) is 7.99. The van der Waals surface area contributed by atoms with Gasteiger partial charge < -0.3 is 19.9 Å². The van der Waals surface area contributed by atoms with Crippen LogP contribution >= 0.6 is 0 Å². The Kier molecular flexibility index (Phi) is 8.62. The number of unbranched alkanes of at least 4 members (excludes halogenated alkanes) is 2. The average molecular weight is 508 g/mol. The van der Waals surface area contributed by atoms with Crippen LogP contribution in [-0.2, 0) is 28.8 Å². The number of hydrogen-bond donors (Lipinski definition) is 2. The molecule has 2 aromatic rings. The van der Waals surface area contributed by atoms with Crippen molar-refractivity contribution < 1.29 is 19.4 Å². The summed E-state index contributed by atoms with van der Waals surface area (Å²) in [7, 11) is 1.66. The lowest BCUT2D eigenvalue weighted by Crippen LogP contribution is -2.34. The molecule has 7 nitrogen and oxygen atoms in total. The van der Waals surface area contributed by atoms with E-state index in [1.165, 1.54) is 24.8 Å². The number of aryl methyl sites for hydroxylation is 2. The van der Waals surface area contributed by atoms with Crippen LogP contribution in [0, 0.1) is 5.92 Å². The predicted octanol–water partition coefficient (Wildman–Crippen LogP) is 5.03. The number of para-hydroxylation sites is 1. The molecule has 2 fully saturated rings. The van der Waals surface area contributed by atoms with Crippen molar-refractivity contribution in [3.63, 3.8) is 0 Å². The summed E-state index contributed by atoms with van der Waals surface area (Å²) in [6.07, 6.45) is 10.9. The largest absolute Gasteiger partial charge is 0.496 e. The van der Waals surface area contributed by atoms with Crippen LogP contribution in [0.25, 0.3) is 0 Å². The molecule has 3 aliphatic rings. The number of carboxylic acids is 1. The molecular formula is C30H41N3O4. The summed E-state index contributed by atoms with van der Waals surface area (Å²) in [6.45, 7) is 3.09. The fraction of sp³-hybridized carbons (Fsp3) is 0.600. The minimum absolute atomic E-state index is 0.0795. The predicted molar refractivity (Wildman–Crippen MR) is 144 cm³/mol. The van der Waals surface area contributed by atoms with Gasteiger partial charge in [0, 0.05) is 37.5 Å². The maximum absolute atomic E-state index is 12.4. The minimum Gasteiger partial charge on any atom is -0.496 e. The zero-order valence-electron chi connectivity index (χ0n) is 22.1. The van der Waals surface area contributed by atoms with Gasteiger partial charge in [0.15, 0.2) is 0 Å². The average Bonchev–Trinajstić information content (AvgIpc) is 3.61. The van der Waals surface area contributed by atoms with Crippen molar-refractivity contribution >= 4 is 11.8 Å². The number of anilines is 1. The molecule has 200 valence electrons. The van der Waals surface area contributed by atoms with Crippen LogP contribution < -0.4 is 10.1 Å². The quantitative estimate of drug-likeness (QED) is 0.368. The summed E-state index contributed by atoms with van der Waals surface area (Å²) in [5.41, 5.74) is 4.39. The molecule has 5 rings (SSSR count). The summed E-state index contributed by atoms with van der Waals surface area (Å²) in [5, 5.41) is 13.6. The molecule has 1 saturated carbocycles. The van der Waals surface area contributed by atoms with Gasteiger partial charge in [-0.2, -0.15) is 0 Å². The zero-order valence-corrected chi connectivity index (χ0v) is 22.1. The van der Waals surface area contributed by atoms with Crippen LogP contribution in [0.3, 0.4) is 0 Å². The van der Waals surface area contributed by atoms with Crippen LogP contribution in [0.5, 0.6) is 5.75 Å². The van der Waals surface area contributed by atoms with E-state index in [1.54, 1.807) is 7.11 Å². The van der Waals surface area contributed by atoms with Crippen molar-refractivity contribution in [1.29, 1.82) is 0 Å². The van der Waals surface area contributed by atoms with Crippen molar-refractivity contribution in [2.45, 2.75) is 76.4 Å². The highest BCUT2D eigenvalue weighted by Crippen LogP contribution is 2.39. The highest BCUT2D eigenvalue weighted by molar-refractivity contribution is 5.77. The third-order valence-electron chi connectivity index (χ3n) is 7.99. The molecule has 2 atom stereocenters. The normalized spacial score (nSPS) is 20.3. The molecule has 0 unspecified atom stereocenters. The molecule has 2 aliphatic heterocycles. The number of nitrogens with zero attached hydrogens (tertiary/aromatic N) is 2. The second-order valence-corrected chi connectivity index (χ2v) is 10.9. The summed E-state index contributed by atoms with van der Waals surface area (Å²) in [5.74, 6) is 1.71. The van der Waals surface area contributed by atoms with E-state index in [1.807, 2.05) is 17.0 Å². The zero-order chi connectivity index (χ0) is 25.6. The van der Waals surface area contributed by atoms with Gasteiger partial charge in [0.1, 0.15) is 17.6 Å². The van der Waals surface area contributed by atoms with Gasteiger partial charge in [0.05, 0.1) is 13.2 Å². The van der Waals surface area contributed by atoms with Gasteiger partial charge >= 0.3 is 5.97 Å². The lowest BCUT2D eigenvalue weighted by Gasteiger charge is -2.27. The second kappa shape index (κ2) is 12.3. The highest BCUT2D eigenvalue weighted by Gasteiger charge is 2.36. The number of likely N-dealkylation sites (tertiary alicyclic amines) is 1. The monoisotopic (exact) mass is 507 g/mol. The fourth-order valence-electron chi connectivity index (χ4n) is 5.82. The number of fused-ring (bicyclic) bond motifs is 1. The van der Waals surface area contributed by atoms with Crippen molar-refractivity contribution in [3.05, 3.63) is 52.7 Å². The van der Waals surface area contributed by atoms with Crippen LogP contribution in [0.2, 0.25) is 0 Å². The summed E-state index contributed by atoms with van der Waals surface area (Å²) >= 11 is 0. The smallest absolute Gasteiger partial charge is 0.325 e. The van der Waals surface area contributed by atoms with E-state index in [0.29, 0.717) is 12.5 Å². The lowest BCUT2D eigenvalue weighted by atomic mass is 9.98. The first-order valence-corrected chi connectivity index (χ1v) is 14.1. The number of carbonyl (C=O) groups is 1. The first-order chi connectivity index (χ1) is 18.1. The van der Waals surface area contributed by atoms with Crippen molar-refractivity contribution in [2.75, 3.05) is 38.7 Å². The maximum atomic E-state index is 12.4. The van der Waals surface area contributed by atoms with Gasteiger partial charge in [0.25, 0.3) is 0 Å². The molecule has 0 bridgehead atoms. The molecule has 1 aromatic heterocycles. The molecule has 1 saturated heterocycles. The van der Waals surface area contributed by atoms with Gasteiger partial charge in [-0.05, 0) is 80.9 Å². The fourth-order valence-corrected chi connectivity index (χ4v) is 5.82. The number of aromatic nitrogens is 1. The van der Waals surface area contributed by atoms with Crippen LogP contribution in [0.1, 0.15) is 73.4 Å². The molecule has 0 amide bonds. The standard InChI is InChI=1S/C30H41N3O4/c1-36-28-23(19-21-11-12-21)7-5-10-26(28)27(30(34)35)33-17-15-25(20-33)37-18-4-2-3-9-24-14-13-22-8-6-16-31-29(22)32-24/h5,7,10,13-14,21,25,27H,2-4,6,8-9,11-12,15-20H2,1H3,(H,31,32)(H,34,35)/t25-,27+/m1/s1. The highest BCUT2D eigenvalue weighted by atomic mass is 16.5. The molecule has 0 radical (unpaired) electrons. The molecule has 37 heavy (non-hydrogen) atoms. The van der Waals surface area contributed by atoms with Crippen LogP contribution in [0.15, 0.2) is 30.3 Å². The van der Waals surface area contributed by atoms with Crippen molar-refractivity contribution in [3.8, 4) is 5.75 Å². The molecule has 7 heteroatoms. The van der Waals surface area contributed by atoms with E-state index in [9.17, 15) is 9.90 Å². The SMILES string of the molecule is COc1c(CC2CC2)cccc1[C@@H](C(=O)O)N1CC[C@@H](OCCCCCc2ccc3c(n2)NCCC3)C1. The number of rotatable bonds is 13. The van der Waals surface area contributed by atoms with E-state index >= 15 is 0 Å². The van der Waals surface area contributed by atoms with Crippen LogP contribution in [0.4, 0.5) is 5.82 Å². The number of nitrogens with one attached hydrogen (secondary N) is 1. The Labute approximate surface area is 220 Å². The molecular weight excluding hydrogens is 466 g/mol. The van der Waals surface area contributed by atoms with E-state index in [4.69, 9.17) is 14.5 Å². The van der Waals surface area contributed by atoms with E-state index in [0.717, 1.165) is 93.0 Å². The number of pyridine rings is 1. The first kappa shape index (κ1) is 26.0. The van der Waals surface area contributed by atoms with Crippen LogP contribution in [-0.4, -0.2) is 60.4 Å². The van der Waals surface area contributed by atoms with E-state index in [-0.39, 0.29) is 6.10 Å². The van der Waals surface area contributed by atoms with Gasteiger partial charge in [-0.1, -0.05) is 30.7 Å². The lowest BCUT2D eigenvalue weighted by molar-refractivity contribution is -0.143. The second-order valence-electron chi connectivity index (χ2n) is 10.9. The minimum atomic E-state index is -0.825. The molecule has 1 aliphatic carbocycles. The molecule has 2 N–H and O–H groups in total. The molecule has 0 spiro atoms. The summed E-state index contributed by atoms with van der Waals surface area (Å²) in [4.78, 5) is 19.2. The van der Waals surface area contributed by atoms with Gasteiger partial charge in [-0.25, -0.2) is 4.98 Å². The number of ether oxygens (including phenoxy) is 2. The number of methoxy groups -OCH3 is 1. The topological polar surface area (TPSA) is 83.9 Å². The van der Waals surface area contributed by atoms with Crippen molar-refractivity contribution in [2.24, 2.45) is 5.92 Å². The summed E-state index contributed by atoms with van der Waals surface area (Å²) in [6, 6.07) is 9.66. The van der Waals surface area contributed by atoms with Gasteiger partial charge in [0.2, 0.25) is 0 Å². The van der Waals surface area contributed by atoms with Crippen molar-refractivity contribution in [1.82, 2.24) is 9.88 Å². The number of aliphatic carboxylic acids is 1. The first-order valence-electron chi connectivity index (χ1n) is 14.1. The van der Waals surface area contributed by atoms with Gasteiger partial charge in [-0.15, -0.1) is 0 Å². The Morgan fingerprint density at radius 2 is 2.08 bits per heavy atom. The Morgan fingerprint density at radius 1 is 1.19 bits per heavy atom. The Morgan fingerprint density at radius 3 is 2.89 bits per heavy atom. The Hall–Kier alpha value is -2.64. The molecule has 3 heterocycles. The van der Waals surface area contributed by atoms with E-state index < -0.39 is 12.0 Å². The third kappa shape index (κ3) is 6.63. The summed E-state index contributed by atoms with van der Waals surface area (Å²) < 4.78 is 11.9. The number of hydrogen-bond acceptors (Lipinski definition) is 6. The van der Waals surface area contributed by atoms with E-state index in [2.05, 4.69) is 23.5 Å². The molecule has 1 aromatic carbocycles. The van der Waals surface area contributed by atoms with Gasteiger partial charge in [-0.3, -0.25) is 9.69 Å².